The van der Waals surface area contributed by atoms with Crippen LogP contribution in [0.4, 0.5) is 5.69 Å². The van der Waals surface area contributed by atoms with Gasteiger partial charge in [-0.15, -0.1) is 0 Å². The zero-order valence-corrected chi connectivity index (χ0v) is 15.9. The van der Waals surface area contributed by atoms with Gasteiger partial charge in [0.15, 0.2) is 0 Å². The molecule has 28 heavy (non-hydrogen) atoms. The maximum atomic E-state index is 12.4. The van der Waals surface area contributed by atoms with Crippen molar-refractivity contribution < 1.29 is 28.5 Å². The highest BCUT2D eigenvalue weighted by Crippen LogP contribution is 2.31. The first kappa shape index (κ1) is 19.4. The topological polar surface area (TPSA) is 74.3 Å². The number of carbonyl (C=O) groups excluding carboxylic acids is 2. The highest BCUT2D eigenvalue weighted by Gasteiger charge is 2.32. The molecule has 0 aliphatic carbocycles. The lowest BCUT2D eigenvalue weighted by atomic mass is 10.0. The summed E-state index contributed by atoms with van der Waals surface area (Å²) in [5.74, 6) is -0.488. The summed E-state index contributed by atoms with van der Waals surface area (Å²) in [4.78, 5) is 26.1. The predicted molar refractivity (Wildman–Crippen MR) is 103 cm³/mol. The lowest BCUT2D eigenvalue weighted by Gasteiger charge is -2.31. The Morgan fingerprint density at radius 2 is 1.64 bits per heavy atom. The number of rotatable bonds is 5. The molecule has 7 heteroatoms. The van der Waals surface area contributed by atoms with Crippen molar-refractivity contribution in [3.63, 3.8) is 0 Å². The van der Waals surface area contributed by atoms with Crippen molar-refractivity contribution in [1.29, 1.82) is 0 Å². The van der Waals surface area contributed by atoms with Crippen LogP contribution >= 0.6 is 0 Å². The van der Waals surface area contributed by atoms with Gasteiger partial charge in [0.1, 0.15) is 18.2 Å². The molecule has 0 bridgehead atoms. The summed E-state index contributed by atoms with van der Waals surface area (Å²) < 4.78 is 20.4. The molecule has 1 heterocycles. The molecule has 1 aliphatic heterocycles. The number of carbonyl (C=O) groups is 2. The summed E-state index contributed by atoms with van der Waals surface area (Å²) in [7, 11) is 4.14. The zero-order chi connectivity index (χ0) is 20.1. The van der Waals surface area contributed by atoms with Gasteiger partial charge in [-0.05, 0) is 35.4 Å². The van der Waals surface area contributed by atoms with E-state index in [4.69, 9.17) is 18.9 Å². The van der Waals surface area contributed by atoms with Gasteiger partial charge in [0.05, 0.1) is 33.5 Å². The maximum absolute atomic E-state index is 12.4. The van der Waals surface area contributed by atoms with Gasteiger partial charge in [0.25, 0.3) is 0 Å². The molecule has 0 spiro atoms. The van der Waals surface area contributed by atoms with Crippen molar-refractivity contribution in [2.24, 2.45) is 0 Å². The van der Waals surface area contributed by atoms with Crippen LogP contribution in [0, 0.1) is 0 Å². The average Bonchev–Trinajstić information content (AvgIpc) is 2.77. The van der Waals surface area contributed by atoms with Crippen LogP contribution < -0.4 is 9.64 Å². The SMILES string of the molecule is COC(=O)C1=C(C(=O)OC)N(c2cccc(-c3ccc(OC)cc3)c2)COC1. The van der Waals surface area contributed by atoms with Crippen molar-refractivity contribution in [1.82, 2.24) is 0 Å². The van der Waals surface area contributed by atoms with E-state index in [9.17, 15) is 9.59 Å². The molecule has 2 aromatic carbocycles. The Hall–Kier alpha value is -3.32. The molecule has 0 saturated heterocycles. The fourth-order valence-corrected chi connectivity index (χ4v) is 2.98. The van der Waals surface area contributed by atoms with Crippen LogP contribution in [0.25, 0.3) is 11.1 Å². The third-order valence-electron chi connectivity index (χ3n) is 4.41. The minimum absolute atomic E-state index is 0.0220. The Bertz CT molecular complexity index is 903. The number of esters is 2. The summed E-state index contributed by atoms with van der Waals surface area (Å²) in [6.07, 6.45) is 0. The van der Waals surface area contributed by atoms with Crippen LogP contribution in [0.1, 0.15) is 0 Å². The number of hydrogen-bond donors (Lipinski definition) is 0. The molecule has 0 N–H and O–H groups in total. The maximum Gasteiger partial charge on any atom is 0.355 e. The molecule has 0 amide bonds. The van der Waals surface area contributed by atoms with Crippen molar-refractivity contribution in [2.75, 3.05) is 39.6 Å². The molecular formula is C21H21NO6. The summed E-state index contributed by atoms with van der Waals surface area (Å²) in [5.41, 5.74) is 2.85. The van der Waals surface area contributed by atoms with Crippen LogP contribution in [0.2, 0.25) is 0 Å². The third-order valence-corrected chi connectivity index (χ3v) is 4.41. The van der Waals surface area contributed by atoms with Gasteiger partial charge in [-0.1, -0.05) is 24.3 Å². The first-order chi connectivity index (χ1) is 13.6. The molecule has 0 radical (unpaired) electrons. The third kappa shape index (κ3) is 3.84. The fourth-order valence-electron chi connectivity index (χ4n) is 2.98. The van der Waals surface area contributed by atoms with Gasteiger partial charge >= 0.3 is 11.9 Å². The second-order valence-corrected chi connectivity index (χ2v) is 5.99. The summed E-state index contributed by atoms with van der Waals surface area (Å²) in [6, 6.07) is 15.2. The van der Waals surface area contributed by atoms with E-state index in [1.54, 1.807) is 12.0 Å². The number of methoxy groups -OCH3 is 3. The Morgan fingerprint density at radius 3 is 2.29 bits per heavy atom. The molecule has 0 atom stereocenters. The van der Waals surface area contributed by atoms with Crippen LogP contribution in [-0.4, -0.2) is 46.6 Å². The van der Waals surface area contributed by atoms with E-state index in [-0.39, 0.29) is 24.6 Å². The second kappa shape index (κ2) is 8.58. The molecular weight excluding hydrogens is 362 g/mol. The summed E-state index contributed by atoms with van der Waals surface area (Å²) in [5, 5.41) is 0. The van der Waals surface area contributed by atoms with Crippen LogP contribution in [-0.2, 0) is 23.8 Å². The van der Waals surface area contributed by atoms with Crippen molar-refractivity contribution in [2.45, 2.75) is 0 Å². The van der Waals surface area contributed by atoms with Crippen LogP contribution in [0.15, 0.2) is 59.8 Å². The zero-order valence-electron chi connectivity index (χ0n) is 15.9. The van der Waals surface area contributed by atoms with E-state index in [1.165, 1.54) is 14.2 Å². The minimum Gasteiger partial charge on any atom is -0.497 e. The van der Waals surface area contributed by atoms with E-state index >= 15 is 0 Å². The molecule has 2 aromatic rings. The van der Waals surface area contributed by atoms with Crippen molar-refractivity contribution in [3.8, 4) is 16.9 Å². The Kier molecular flexibility index (Phi) is 5.96. The van der Waals surface area contributed by atoms with Crippen molar-refractivity contribution in [3.05, 3.63) is 59.8 Å². The average molecular weight is 383 g/mol. The standard InChI is InChI=1S/C21H21NO6/c1-25-17-9-7-14(8-10-17)15-5-4-6-16(11-15)22-13-28-12-18(20(23)26-2)19(22)21(24)27-3/h4-11H,12-13H2,1-3H3. The second-order valence-electron chi connectivity index (χ2n) is 5.99. The number of ether oxygens (including phenoxy) is 4. The quantitative estimate of drug-likeness (QED) is 0.735. The van der Waals surface area contributed by atoms with Gasteiger partial charge < -0.3 is 23.8 Å². The van der Waals surface area contributed by atoms with Crippen LogP contribution in [0.5, 0.6) is 5.75 Å². The van der Waals surface area contributed by atoms with Gasteiger partial charge in [0, 0.05) is 5.69 Å². The Morgan fingerprint density at radius 1 is 0.929 bits per heavy atom. The molecule has 0 fully saturated rings. The molecule has 1 aliphatic rings. The monoisotopic (exact) mass is 383 g/mol. The van der Waals surface area contributed by atoms with Crippen molar-refractivity contribution >= 4 is 17.6 Å². The van der Waals surface area contributed by atoms with E-state index in [0.29, 0.717) is 5.69 Å². The minimum atomic E-state index is -0.628. The van der Waals surface area contributed by atoms with Gasteiger partial charge in [-0.25, -0.2) is 9.59 Å². The number of benzene rings is 2. The molecule has 146 valence electrons. The Balaban J connectivity index is 2.03. The lowest BCUT2D eigenvalue weighted by molar-refractivity contribution is -0.140. The van der Waals surface area contributed by atoms with Crippen LogP contribution in [0.3, 0.4) is 0 Å². The first-order valence-electron chi connectivity index (χ1n) is 8.58. The molecule has 3 rings (SSSR count). The molecule has 7 nitrogen and oxygen atoms in total. The lowest BCUT2D eigenvalue weighted by Crippen LogP contribution is -2.38. The van der Waals surface area contributed by atoms with E-state index in [2.05, 4.69) is 0 Å². The fraction of sp³-hybridized carbons (Fsp3) is 0.238. The van der Waals surface area contributed by atoms with Gasteiger partial charge in [-0.3, -0.25) is 0 Å². The van der Waals surface area contributed by atoms with E-state index < -0.39 is 11.9 Å². The summed E-state index contributed by atoms with van der Waals surface area (Å²) >= 11 is 0. The summed E-state index contributed by atoms with van der Waals surface area (Å²) in [6.45, 7) is 0.0861. The predicted octanol–water partition coefficient (Wildman–Crippen LogP) is 2.76. The highest BCUT2D eigenvalue weighted by molar-refractivity contribution is 6.03. The molecule has 0 aromatic heterocycles. The number of nitrogens with zero attached hydrogens (tertiary/aromatic N) is 1. The Labute approximate surface area is 163 Å². The van der Waals surface area contributed by atoms with E-state index in [0.717, 1.165) is 16.9 Å². The van der Waals surface area contributed by atoms with E-state index in [1.807, 2.05) is 48.5 Å². The number of hydrogen-bond acceptors (Lipinski definition) is 7. The van der Waals surface area contributed by atoms with Gasteiger partial charge in [0.2, 0.25) is 0 Å². The molecule has 0 saturated carbocycles. The molecule has 0 unspecified atom stereocenters. The van der Waals surface area contributed by atoms with Gasteiger partial charge in [-0.2, -0.15) is 0 Å². The number of anilines is 1. The highest BCUT2D eigenvalue weighted by atomic mass is 16.5. The first-order valence-corrected chi connectivity index (χ1v) is 8.58. The smallest absolute Gasteiger partial charge is 0.355 e. The largest absolute Gasteiger partial charge is 0.497 e. The normalized spacial score (nSPS) is 13.9.